The van der Waals surface area contributed by atoms with Crippen molar-refractivity contribution in [1.29, 1.82) is 0 Å². The molecule has 0 spiro atoms. The van der Waals surface area contributed by atoms with Gasteiger partial charge in [-0.15, -0.1) is 0 Å². The van der Waals surface area contributed by atoms with E-state index in [1.165, 1.54) is 6.07 Å². The van der Waals surface area contributed by atoms with E-state index in [1.807, 2.05) is 24.3 Å². The summed E-state index contributed by atoms with van der Waals surface area (Å²) in [6.45, 7) is 3.81. The smallest absolute Gasteiger partial charge is 0.328 e. The number of para-hydroxylation sites is 1. The molecule has 2 aromatic rings. The third kappa shape index (κ3) is 2.66. The molecule has 0 saturated carbocycles. The molecule has 0 fully saturated rings. The minimum atomic E-state index is -0.509. The highest BCUT2D eigenvalue weighted by molar-refractivity contribution is 5.93. The Balaban J connectivity index is 2.42. The van der Waals surface area contributed by atoms with E-state index in [0.29, 0.717) is 12.3 Å². The fraction of sp³-hybridized carbons (Fsp3) is 0.333. The van der Waals surface area contributed by atoms with Gasteiger partial charge in [0.15, 0.2) is 0 Å². The first kappa shape index (κ1) is 14.1. The Kier molecular flexibility index (Phi) is 4.08. The molecule has 1 atom stereocenters. The maximum atomic E-state index is 11.9. The first-order valence-corrected chi connectivity index (χ1v) is 6.56. The van der Waals surface area contributed by atoms with Crippen LogP contribution < -0.4 is 10.9 Å². The highest BCUT2D eigenvalue weighted by Gasteiger charge is 2.15. The monoisotopic (exact) mass is 274 g/mol. The quantitative estimate of drug-likeness (QED) is 0.865. The van der Waals surface area contributed by atoms with Crippen molar-refractivity contribution >= 4 is 22.6 Å². The molecule has 106 valence electrons. The topological polar surface area (TPSA) is 60.3 Å². The second-order valence-corrected chi connectivity index (χ2v) is 4.59. The molecule has 0 amide bonds. The summed E-state index contributed by atoms with van der Waals surface area (Å²) in [6, 6.07) is 8.54. The SMILES string of the molecule is CCOC(=O)C(C)Nc1cc(=O)n(C)c2ccccc12. The first-order chi connectivity index (χ1) is 9.54. The summed E-state index contributed by atoms with van der Waals surface area (Å²) in [6.07, 6.45) is 0. The lowest BCUT2D eigenvalue weighted by molar-refractivity contribution is -0.143. The fourth-order valence-corrected chi connectivity index (χ4v) is 2.09. The van der Waals surface area contributed by atoms with Crippen LogP contribution in [0.3, 0.4) is 0 Å². The standard InChI is InChI=1S/C15H18N2O3/c1-4-20-15(19)10(2)16-12-9-14(18)17(3)13-8-6-5-7-11(12)13/h5-10,16H,4H2,1-3H3. The number of hydrogen-bond donors (Lipinski definition) is 1. The van der Waals surface area contributed by atoms with E-state index in [4.69, 9.17) is 4.74 Å². The van der Waals surface area contributed by atoms with Crippen molar-refractivity contribution < 1.29 is 9.53 Å². The Morgan fingerprint density at radius 2 is 2.10 bits per heavy atom. The second kappa shape index (κ2) is 5.77. The zero-order chi connectivity index (χ0) is 14.7. The lowest BCUT2D eigenvalue weighted by atomic mass is 10.1. The van der Waals surface area contributed by atoms with Crippen LogP contribution in [0.5, 0.6) is 0 Å². The Hall–Kier alpha value is -2.30. The highest BCUT2D eigenvalue weighted by atomic mass is 16.5. The van der Waals surface area contributed by atoms with Crippen molar-refractivity contribution in [1.82, 2.24) is 4.57 Å². The van der Waals surface area contributed by atoms with Crippen LogP contribution in [-0.2, 0) is 16.6 Å². The number of esters is 1. The number of aryl methyl sites for hydroxylation is 1. The normalized spacial score (nSPS) is 12.2. The number of nitrogens with zero attached hydrogens (tertiary/aromatic N) is 1. The summed E-state index contributed by atoms with van der Waals surface area (Å²) in [5.41, 5.74) is 1.34. The van der Waals surface area contributed by atoms with Crippen molar-refractivity contribution in [3.05, 3.63) is 40.7 Å². The van der Waals surface area contributed by atoms with Crippen LogP contribution in [0.4, 0.5) is 5.69 Å². The van der Waals surface area contributed by atoms with Gasteiger partial charge in [-0.2, -0.15) is 0 Å². The van der Waals surface area contributed by atoms with Gasteiger partial charge in [0.1, 0.15) is 6.04 Å². The summed E-state index contributed by atoms with van der Waals surface area (Å²) in [4.78, 5) is 23.6. The molecule has 0 aliphatic carbocycles. The number of aromatic nitrogens is 1. The fourth-order valence-electron chi connectivity index (χ4n) is 2.09. The molecule has 0 aliphatic heterocycles. The van der Waals surface area contributed by atoms with Crippen LogP contribution in [0.1, 0.15) is 13.8 Å². The number of carbonyl (C=O) groups is 1. The third-order valence-corrected chi connectivity index (χ3v) is 3.17. The number of fused-ring (bicyclic) bond motifs is 1. The molecule has 5 heteroatoms. The van der Waals surface area contributed by atoms with E-state index in [0.717, 1.165) is 10.9 Å². The molecule has 0 radical (unpaired) electrons. The number of benzene rings is 1. The van der Waals surface area contributed by atoms with E-state index >= 15 is 0 Å². The Labute approximate surface area is 117 Å². The maximum Gasteiger partial charge on any atom is 0.328 e. The maximum absolute atomic E-state index is 11.9. The molecular weight excluding hydrogens is 256 g/mol. The molecule has 5 nitrogen and oxygen atoms in total. The van der Waals surface area contributed by atoms with E-state index < -0.39 is 6.04 Å². The third-order valence-electron chi connectivity index (χ3n) is 3.17. The molecule has 1 unspecified atom stereocenters. The first-order valence-electron chi connectivity index (χ1n) is 6.56. The lowest BCUT2D eigenvalue weighted by Crippen LogP contribution is -2.29. The Morgan fingerprint density at radius 3 is 2.80 bits per heavy atom. The van der Waals surface area contributed by atoms with Gasteiger partial charge in [-0.3, -0.25) is 4.79 Å². The van der Waals surface area contributed by atoms with Crippen molar-refractivity contribution in [3.63, 3.8) is 0 Å². The van der Waals surface area contributed by atoms with E-state index in [2.05, 4.69) is 5.32 Å². The van der Waals surface area contributed by atoms with E-state index in [-0.39, 0.29) is 11.5 Å². The predicted molar refractivity (Wildman–Crippen MR) is 78.9 cm³/mol. The van der Waals surface area contributed by atoms with Crippen LogP contribution in [0.25, 0.3) is 10.9 Å². The van der Waals surface area contributed by atoms with Crippen molar-refractivity contribution in [3.8, 4) is 0 Å². The molecular formula is C15H18N2O3. The summed E-state index contributed by atoms with van der Waals surface area (Å²) in [5, 5.41) is 3.94. The summed E-state index contributed by atoms with van der Waals surface area (Å²) >= 11 is 0. The van der Waals surface area contributed by atoms with Crippen molar-refractivity contribution in [2.45, 2.75) is 19.9 Å². The number of anilines is 1. The molecule has 1 N–H and O–H groups in total. The summed E-state index contributed by atoms with van der Waals surface area (Å²) in [7, 11) is 1.73. The van der Waals surface area contributed by atoms with Gasteiger partial charge in [0, 0.05) is 24.2 Å². The molecule has 1 aromatic heterocycles. The molecule has 2 rings (SSSR count). The van der Waals surface area contributed by atoms with Gasteiger partial charge in [-0.1, -0.05) is 18.2 Å². The zero-order valence-corrected chi connectivity index (χ0v) is 11.8. The van der Waals surface area contributed by atoms with Crippen LogP contribution in [0.15, 0.2) is 35.1 Å². The number of ether oxygens (including phenoxy) is 1. The molecule has 0 saturated heterocycles. The molecule has 0 aliphatic rings. The number of rotatable bonds is 4. The summed E-state index contributed by atoms with van der Waals surface area (Å²) in [5.74, 6) is -0.336. The molecule has 1 aromatic carbocycles. The number of carbonyl (C=O) groups excluding carboxylic acids is 1. The molecule has 20 heavy (non-hydrogen) atoms. The van der Waals surface area contributed by atoms with E-state index in [9.17, 15) is 9.59 Å². The van der Waals surface area contributed by atoms with Gasteiger partial charge >= 0.3 is 5.97 Å². The van der Waals surface area contributed by atoms with Crippen molar-refractivity contribution in [2.75, 3.05) is 11.9 Å². The van der Waals surface area contributed by atoms with Gasteiger partial charge < -0.3 is 14.6 Å². The number of pyridine rings is 1. The predicted octanol–water partition coefficient (Wildman–Crippen LogP) is 1.90. The van der Waals surface area contributed by atoms with E-state index in [1.54, 1.807) is 25.5 Å². The van der Waals surface area contributed by atoms with Gasteiger partial charge in [-0.25, -0.2) is 4.79 Å². The van der Waals surface area contributed by atoms with Crippen LogP contribution in [0, 0.1) is 0 Å². The number of hydrogen-bond acceptors (Lipinski definition) is 4. The van der Waals surface area contributed by atoms with Gasteiger partial charge in [0.05, 0.1) is 12.1 Å². The van der Waals surface area contributed by atoms with Crippen LogP contribution in [0.2, 0.25) is 0 Å². The minimum absolute atomic E-state index is 0.123. The van der Waals surface area contributed by atoms with Crippen LogP contribution >= 0.6 is 0 Å². The second-order valence-electron chi connectivity index (χ2n) is 4.59. The molecule has 1 heterocycles. The van der Waals surface area contributed by atoms with Crippen LogP contribution in [-0.4, -0.2) is 23.2 Å². The van der Waals surface area contributed by atoms with Gasteiger partial charge in [0.2, 0.25) is 0 Å². The van der Waals surface area contributed by atoms with Crippen molar-refractivity contribution in [2.24, 2.45) is 7.05 Å². The zero-order valence-electron chi connectivity index (χ0n) is 11.8. The molecule has 0 bridgehead atoms. The number of nitrogens with one attached hydrogen (secondary N) is 1. The average Bonchev–Trinajstić information content (AvgIpc) is 2.44. The largest absolute Gasteiger partial charge is 0.464 e. The average molecular weight is 274 g/mol. The summed E-state index contributed by atoms with van der Waals surface area (Å²) < 4.78 is 6.54. The Bertz CT molecular complexity index is 691. The highest BCUT2D eigenvalue weighted by Crippen LogP contribution is 2.21. The minimum Gasteiger partial charge on any atom is -0.464 e. The van der Waals surface area contributed by atoms with Gasteiger partial charge in [0.25, 0.3) is 5.56 Å². The lowest BCUT2D eigenvalue weighted by Gasteiger charge is -2.16. The van der Waals surface area contributed by atoms with Gasteiger partial charge in [-0.05, 0) is 19.9 Å². The Morgan fingerprint density at radius 1 is 1.40 bits per heavy atom.